The molecule has 0 amide bonds. The molecule has 0 radical (unpaired) electrons. The average Bonchev–Trinajstić information content (AvgIpc) is 2.29. The molecule has 2 rings (SSSR count). The number of nitrogens with zero attached hydrogens (tertiary/aromatic N) is 1. The Labute approximate surface area is 90.0 Å². The van der Waals surface area contributed by atoms with Crippen LogP contribution < -0.4 is 0 Å². The first kappa shape index (κ1) is 10.1. The maximum atomic E-state index is 12.0. The zero-order valence-electron chi connectivity index (χ0n) is 8.99. The van der Waals surface area contributed by atoms with E-state index >= 15 is 0 Å². The first-order valence-corrected chi connectivity index (χ1v) is 5.44. The number of allylic oxidation sites excluding steroid dienone is 2. The van der Waals surface area contributed by atoms with Crippen molar-refractivity contribution in [1.29, 1.82) is 0 Å². The first-order valence-electron chi connectivity index (χ1n) is 5.44. The number of rotatable bonds is 2. The molecule has 1 aromatic rings. The Morgan fingerprint density at radius 3 is 2.93 bits per heavy atom. The lowest BCUT2D eigenvalue weighted by molar-refractivity contribution is 0.102. The number of carbonyl (C=O) groups is 1. The number of ketones is 1. The Balaban J connectivity index is 2.24. The summed E-state index contributed by atoms with van der Waals surface area (Å²) in [4.78, 5) is 16.1. The van der Waals surface area contributed by atoms with Crippen LogP contribution in [0.1, 0.15) is 41.7 Å². The summed E-state index contributed by atoms with van der Waals surface area (Å²) in [5.41, 5.74) is 2.62. The number of pyridine rings is 1. The lowest BCUT2D eigenvalue weighted by Gasteiger charge is -2.10. The number of Topliss-reactive ketones (excluding diaryl/α,β-unsaturated/α-hetero) is 1. The summed E-state index contributed by atoms with van der Waals surface area (Å²) in [6.45, 7) is 1.98. The largest absolute Gasteiger partial charge is 0.287 e. The van der Waals surface area contributed by atoms with Crippen LogP contribution in [0, 0.1) is 6.92 Å². The van der Waals surface area contributed by atoms with Gasteiger partial charge >= 0.3 is 0 Å². The number of aromatic nitrogens is 1. The second-order valence-corrected chi connectivity index (χ2v) is 4.02. The quantitative estimate of drug-likeness (QED) is 0.688. The van der Waals surface area contributed by atoms with Gasteiger partial charge in [-0.3, -0.25) is 9.78 Å². The predicted molar refractivity (Wildman–Crippen MR) is 59.9 cm³/mol. The van der Waals surface area contributed by atoms with E-state index in [0.717, 1.165) is 30.4 Å². The van der Waals surface area contributed by atoms with E-state index in [1.54, 1.807) is 6.20 Å². The summed E-state index contributed by atoms with van der Waals surface area (Å²) in [7, 11) is 0. The molecule has 1 aromatic heterocycles. The van der Waals surface area contributed by atoms with Gasteiger partial charge in [-0.15, -0.1) is 0 Å². The zero-order valence-corrected chi connectivity index (χ0v) is 8.99. The molecule has 0 unspecified atom stereocenters. The monoisotopic (exact) mass is 201 g/mol. The molecule has 0 saturated heterocycles. The maximum Gasteiger partial charge on any atom is 0.207 e. The van der Waals surface area contributed by atoms with Crippen molar-refractivity contribution in [1.82, 2.24) is 4.98 Å². The van der Waals surface area contributed by atoms with Gasteiger partial charge in [-0.25, -0.2) is 0 Å². The lowest BCUT2D eigenvalue weighted by atomic mass is 9.95. The van der Waals surface area contributed by atoms with Crippen molar-refractivity contribution in [2.75, 3.05) is 0 Å². The number of hydrogen-bond donors (Lipinski definition) is 0. The van der Waals surface area contributed by atoms with Crippen molar-refractivity contribution < 1.29 is 4.79 Å². The van der Waals surface area contributed by atoms with E-state index in [0.29, 0.717) is 5.69 Å². The molecule has 0 fully saturated rings. The highest BCUT2D eigenvalue weighted by Gasteiger charge is 2.15. The molecule has 78 valence electrons. The Morgan fingerprint density at radius 1 is 1.40 bits per heavy atom. The number of hydrogen-bond acceptors (Lipinski definition) is 2. The second kappa shape index (κ2) is 4.39. The third-order valence-electron chi connectivity index (χ3n) is 2.73. The molecule has 0 saturated carbocycles. The molecule has 1 aliphatic rings. The number of aryl methyl sites for hydroxylation is 1. The van der Waals surface area contributed by atoms with E-state index in [-0.39, 0.29) is 5.78 Å². The van der Waals surface area contributed by atoms with Gasteiger partial charge in [0.15, 0.2) is 0 Å². The molecule has 0 bridgehead atoms. The van der Waals surface area contributed by atoms with E-state index in [1.807, 2.05) is 19.1 Å². The Kier molecular flexibility index (Phi) is 2.95. The van der Waals surface area contributed by atoms with E-state index in [9.17, 15) is 4.79 Å². The van der Waals surface area contributed by atoms with Gasteiger partial charge in [0.1, 0.15) is 5.69 Å². The van der Waals surface area contributed by atoms with Gasteiger partial charge in [0, 0.05) is 6.20 Å². The van der Waals surface area contributed by atoms with E-state index in [1.165, 1.54) is 6.42 Å². The van der Waals surface area contributed by atoms with Crippen molar-refractivity contribution in [3.8, 4) is 0 Å². The van der Waals surface area contributed by atoms with Gasteiger partial charge < -0.3 is 0 Å². The maximum absolute atomic E-state index is 12.0. The molecule has 0 aliphatic heterocycles. The molecule has 2 heteroatoms. The van der Waals surface area contributed by atoms with Crippen molar-refractivity contribution >= 4 is 5.78 Å². The molecule has 15 heavy (non-hydrogen) atoms. The highest BCUT2D eigenvalue weighted by molar-refractivity contribution is 6.07. The van der Waals surface area contributed by atoms with E-state index < -0.39 is 0 Å². The smallest absolute Gasteiger partial charge is 0.207 e. The molecule has 2 nitrogen and oxygen atoms in total. The predicted octanol–water partition coefficient (Wildman–Crippen LogP) is 3.07. The Morgan fingerprint density at radius 2 is 2.27 bits per heavy atom. The minimum absolute atomic E-state index is 0.110. The summed E-state index contributed by atoms with van der Waals surface area (Å²) in [5.74, 6) is 0.110. The van der Waals surface area contributed by atoms with Gasteiger partial charge in [0.2, 0.25) is 5.78 Å². The third-order valence-corrected chi connectivity index (χ3v) is 2.73. The number of carbonyl (C=O) groups excluding carboxylic acids is 1. The van der Waals surface area contributed by atoms with Gasteiger partial charge in [-0.1, -0.05) is 6.08 Å². The summed E-state index contributed by atoms with van der Waals surface area (Å²) < 4.78 is 0. The molecule has 0 aromatic carbocycles. The van der Waals surface area contributed by atoms with E-state index in [2.05, 4.69) is 11.1 Å². The summed E-state index contributed by atoms with van der Waals surface area (Å²) in [5, 5.41) is 0. The standard InChI is InChI=1S/C13H15NO/c1-10-7-8-14-12(9-10)13(15)11-5-3-2-4-6-11/h5,7-9H,2-4,6H2,1H3. The minimum atomic E-state index is 0.110. The molecular weight excluding hydrogens is 186 g/mol. The van der Waals surface area contributed by atoms with Crippen LogP contribution in [0.5, 0.6) is 0 Å². The van der Waals surface area contributed by atoms with Crippen molar-refractivity contribution in [2.45, 2.75) is 32.6 Å². The van der Waals surface area contributed by atoms with Gasteiger partial charge in [-0.05, 0) is 55.9 Å². The normalized spacial score (nSPS) is 15.9. The van der Waals surface area contributed by atoms with Gasteiger partial charge in [0.05, 0.1) is 0 Å². The fourth-order valence-electron chi connectivity index (χ4n) is 1.87. The molecule has 0 atom stereocenters. The Bertz CT molecular complexity index is 407. The zero-order chi connectivity index (χ0) is 10.7. The van der Waals surface area contributed by atoms with Crippen LogP contribution in [-0.2, 0) is 0 Å². The summed E-state index contributed by atoms with van der Waals surface area (Å²) in [6, 6.07) is 3.77. The summed E-state index contributed by atoms with van der Waals surface area (Å²) in [6.07, 6.45) is 8.05. The van der Waals surface area contributed by atoms with Crippen LogP contribution in [0.2, 0.25) is 0 Å². The second-order valence-electron chi connectivity index (χ2n) is 4.02. The van der Waals surface area contributed by atoms with Crippen molar-refractivity contribution in [2.24, 2.45) is 0 Å². The van der Waals surface area contributed by atoms with Crippen LogP contribution in [0.15, 0.2) is 30.0 Å². The van der Waals surface area contributed by atoms with E-state index in [4.69, 9.17) is 0 Å². The topological polar surface area (TPSA) is 30.0 Å². The van der Waals surface area contributed by atoms with Crippen LogP contribution in [0.3, 0.4) is 0 Å². The van der Waals surface area contributed by atoms with Crippen LogP contribution in [0.25, 0.3) is 0 Å². The van der Waals surface area contributed by atoms with Crippen molar-refractivity contribution in [3.63, 3.8) is 0 Å². The SMILES string of the molecule is Cc1ccnc(C(=O)C2=CCCCC2)c1. The fourth-order valence-corrected chi connectivity index (χ4v) is 1.87. The van der Waals surface area contributed by atoms with Crippen LogP contribution in [-0.4, -0.2) is 10.8 Å². The molecule has 1 aliphatic carbocycles. The van der Waals surface area contributed by atoms with Gasteiger partial charge in [0.25, 0.3) is 0 Å². The average molecular weight is 201 g/mol. The first-order chi connectivity index (χ1) is 7.27. The summed E-state index contributed by atoms with van der Waals surface area (Å²) >= 11 is 0. The highest BCUT2D eigenvalue weighted by atomic mass is 16.1. The fraction of sp³-hybridized carbons (Fsp3) is 0.385. The van der Waals surface area contributed by atoms with Crippen molar-refractivity contribution in [3.05, 3.63) is 41.2 Å². The van der Waals surface area contributed by atoms with Crippen LogP contribution in [0.4, 0.5) is 0 Å². The Hall–Kier alpha value is -1.44. The highest BCUT2D eigenvalue weighted by Crippen LogP contribution is 2.20. The third kappa shape index (κ3) is 2.32. The lowest BCUT2D eigenvalue weighted by Crippen LogP contribution is -2.08. The minimum Gasteiger partial charge on any atom is -0.287 e. The molecule has 0 N–H and O–H groups in total. The van der Waals surface area contributed by atoms with Gasteiger partial charge in [-0.2, -0.15) is 0 Å². The molecular formula is C13H15NO. The molecule has 1 heterocycles. The van der Waals surface area contributed by atoms with Crippen LogP contribution >= 0.6 is 0 Å². The molecule has 0 spiro atoms.